The van der Waals surface area contributed by atoms with Gasteiger partial charge in [0.05, 0.1) is 34.3 Å². The molecule has 6 heterocycles. The molecular weight excluding hydrogens is 428 g/mol. The van der Waals surface area contributed by atoms with Crippen LogP contribution < -0.4 is 5.32 Å². The van der Waals surface area contributed by atoms with E-state index in [1.54, 1.807) is 18.7 Å². The maximum absolute atomic E-state index is 4.85. The number of aryl methyl sites for hydroxylation is 1. The maximum Gasteiger partial charge on any atom is 0.166 e. The number of imidazole rings is 2. The standard InChI is InChI=1S/C24H22N10/c1-13(2)29-16-6-15(8-25-9-16)19-7-17-20(10-27-19)32-33-21(17)23-30-18-4-5-26-24(22(18)31-23)34-11-14(3)28-12-34/h4-13,29H,1-3H3,(H,30,31)(H,32,33). The molecule has 0 aliphatic heterocycles. The second kappa shape index (κ2) is 7.77. The van der Waals surface area contributed by atoms with Crippen molar-refractivity contribution in [3.8, 4) is 28.6 Å². The molecule has 0 bridgehead atoms. The first kappa shape index (κ1) is 20.0. The number of nitrogens with zero attached hydrogens (tertiary/aromatic N) is 7. The van der Waals surface area contributed by atoms with Gasteiger partial charge in [-0.05, 0) is 39.0 Å². The van der Waals surface area contributed by atoms with E-state index in [-0.39, 0.29) is 0 Å². The number of H-pyrrole nitrogens is 2. The number of fused-ring (bicyclic) bond motifs is 2. The highest BCUT2D eigenvalue weighted by Crippen LogP contribution is 2.30. The van der Waals surface area contributed by atoms with Crippen molar-refractivity contribution in [2.24, 2.45) is 0 Å². The predicted octanol–water partition coefficient (Wildman–Crippen LogP) is 4.27. The minimum atomic E-state index is 0.312. The number of anilines is 1. The topological polar surface area (TPSA) is 126 Å². The minimum Gasteiger partial charge on any atom is -0.382 e. The van der Waals surface area contributed by atoms with Crippen molar-refractivity contribution in [1.82, 2.24) is 44.7 Å². The van der Waals surface area contributed by atoms with Crippen molar-refractivity contribution in [1.29, 1.82) is 0 Å². The van der Waals surface area contributed by atoms with Crippen molar-refractivity contribution in [3.05, 3.63) is 61.2 Å². The summed E-state index contributed by atoms with van der Waals surface area (Å²) in [7, 11) is 0. The van der Waals surface area contributed by atoms with E-state index in [2.05, 4.69) is 54.3 Å². The van der Waals surface area contributed by atoms with Gasteiger partial charge in [-0.15, -0.1) is 0 Å². The molecule has 10 nitrogen and oxygen atoms in total. The van der Waals surface area contributed by atoms with E-state index in [0.717, 1.165) is 44.6 Å². The van der Waals surface area contributed by atoms with Crippen molar-refractivity contribution >= 4 is 27.6 Å². The van der Waals surface area contributed by atoms with Gasteiger partial charge in [-0.2, -0.15) is 5.10 Å². The average Bonchev–Trinajstić information content (AvgIpc) is 3.55. The highest BCUT2D eigenvalue weighted by molar-refractivity contribution is 5.95. The van der Waals surface area contributed by atoms with Gasteiger partial charge < -0.3 is 10.3 Å². The lowest BCUT2D eigenvalue weighted by Crippen LogP contribution is -2.09. The molecule has 6 rings (SSSR count). The summed E-state index contributed by atoms with van der Waals surface area (Å²) in [5, 5.41) is 11.9. The first-order valence-electron chi connectivity index (χ1n) is 11.0. The molecule has 10 heteroatoms. The van der Waals surface area contributed by atoms with Gasteiger partial charge in [-0.1, -0.05) is 0 Å². The number of aromatic nitrogens is 9. The molecule has 0 unspecified atom stereocenters. The Morgan fingerprint density at radius 3 is 2.76 bits per heavy atom. The third-order valence-electron chi connectivity index (χ3n) is 5.50. The van der Waals surface area contributed by atoms with E-state index >= 15 is 0 Å². The summed E-state index contributed by atoms with van der Waals surface area (Å²) < 4.78 is 1.87. The summed E-state index contributed by atoms with van der Waals surface area (Å²) in [5.74, 6) is 1.36. The van der Waals surface area contributed by atoms with Gasteiger partial charge in [0.2, 0.25) is 0 Å². The van der Waals surface area contributed by atoms with E-state index in [0.29, 0.717) is 23.4 Å². The van der Waals surface area contributed by atoms with Crippen LogP contribution in [0.4, 0.5) is 5.69 Å². The second-order valence-electron chi connectivity index (χ2n) is 8.49. The first-order valence-corrected chi connectivity index (χ1v) is 11.0. The Hall–Kier alpha value is -4.60. The number of aromatic amines is 2. The predicted molar refractivity (Wildman–Crippen MR) is 131 cm³/mol. The van der Waals surface area contributed by atoms with Crippen LogP contribution in [-0.4, -0.2) is 50.7 Å². The number of hydrogen-bond donors (Lipinski definition) is 3. The third kappa shape index (κ3) is 3.45. The monoisotopic (exact) mass is 450 g/mol. The molecule has 0 aliphatic carbocycles. The highest BCUT2D eigenvalue weighted by Gasteiger charge is 2.17. The molecule has 0 radical (unpaired) electrons. The Labute approximate surface area is 194 Å². The number of pyridine rings is 3. The van der Waals surface area contributed by atoms with Crippen LogP contribution in [0.25, 0.3) is 50.5 Å². The van der Waals surface area contributed by atoms with Gasteiger partial charge in [0.15, 0.2) is 11.6 Å². The van der Waals surface area contributed by atoms with Crippen LogP contribution in [-0.2, 0) is 0 Å². The molecule has 168 valence electrons. The molecule has 34 heavy (non-hydrogen) atoms. The maximum atomic E-state index is 4.85. The van der Waals surface area contributed by atoms with Gasteiger partial charge in [0.25, 0.3) is 0 Å². The van der Waals surface area contributed by atoms with E-state index in [9.17, 15) is 0 Å². The molecule has 0 atom stereocenters. The van der Waals surface area contributed by atoms with Crippen molar-refractivity contribution in [2.45, 2.75) is 26.8 Å². The minimum absolute atomic E-state index is 0.312. The van der Waals surface area contributed by atoms with Crippen molar-refractivity contribution < 1.29 is 0 Å². The van der Waals surface area contributed by atoms with Gasteiger partial charge in [-0.25, -0.2) is 15.0 Å². The van der Waals surface area contributed by atoms with Crippen LogP contribution in [0, 0.1) is 6.92 Å². The number of rotatable bonds is 5. The van der Waals surface area contributed by atoms with Crippen LogP contribution in [0.2, 0.25) is 0 Å². The van der Waals surface area contributed by atoms with E-state index in [1.165, 1.54) is 0 Å². The fourth-order valence-corrected chi connectivity index (χ4v) is 4.01. The van der Waals surface area contributed by atoms with Crippen LogP contribution in [0.15, 0.2) is 55.5 Å². The molecule has 0 fully saturated rings. The Morgan fingerprint density at radius 2 is 1.94 bits per heavy atom. The largest absolute Gasteiger partial charge is 0.382 e. The lowest BCUT2D eigenvalue weighted by atomic mass is 10.1. The molecule has 0 saturated carbocycles. The zero-order valence-electron chi connectivity index (χ0n) is 18.9. The summed E-state index contributed by atoms with van der Waals surface area (Å²) in [6.45, 7) is 6.13. The summed E-state index contributed by atoms with van der Waals surface area (Å²) in [5.41, 5.74) is 6.75. The molecule has 6 aromatic rings. The summed E-state index contributed by atoms with van der Waals surface area (Å²) in [4.78, 5) is 26.0. The average molecular weight is 451 g/mol. The second-order valence-corrected chi connectivity index (χ2v) is 8.49. The Morgan fingerprint density at radius 1 is 1.03 bits per heavy atom. The van der Waals surface area contributed by atoms with Crippen molar-refractivity contribution in [2.75, 3.05) is 5.32 Å². The normalized spacial score (nSPS) is 11.6. The van der Waals surface area contributed by atoms with Gasteiger partial charge in [-0.3, -0.25) is 19.6 Å². The van der Waals surface area contributed by atoms with E-state index < -0.39 is 0 Å². The smallest absolute Gasteiger partial charge is 0.166 e. The van der Waals surface area contributed by atoms with Crippen molar-refractivity contribution in [3.63, 3.8) is 0 Å². The van der Waals surface area contributed by atoms with Gasteiger partial charge >= 0.3 is 0 Å². The Balaban J connectivity index is 1.45. The lowest BCUT2D eigenvalue weighted by molar-refractivity contribution is 0.898. The summed E-state index contributed by atoms with van der Waals surface area (Å²) in [6.07, 6.45) is 10.8. The molecular formula is C24H22N10. The Bertz CT molecular complexity index is 1640. The SMILES string of the molecule is Cc1cn(-c2nccc3[nH]c(-c4n[nH]c5cnc(-c6cncc(NC(C)C)c6)cc45)nc23)cn1. The van der Waals surface area contributed by atoms with Gasteiger partial charge in [0, 0.05) is 41.8 Å². The quantitative estimate of drug-likeness (QED) is 0.358. The lowest BCUT2D eigenvalue weighted by Gasteiger charge is -2.10. The van der Waals surface area contributed by atoms with Crippen LogP contribution in [0.1, 0.15) is 19.5 Å². The fraction of sp³-hybridized carbons (Fsp3) is 0.167. The van der Waals surface area contributed by atoms with Crippen LogP contribution in [0.5, 0.6) is 0 Å². The molecule has 0 amide bonds. The molecule has 0 spiro atoms. The highest BCUT2D eigenvalue weighted by atomic mass is 15.2. The fourth-order valence-electron chi connectivity index (χ4n) is 4.01. The molecule has 0 aromatic carbocycles. The van der Waals surface area contributed by atoms with Gasteiger partial charge in [0.1, 0.15) is 17.5 Å². The third-order valence-corrected chi connectivity index (χ3v) is 5.50. The summed E-state index contributed by atoms with van der Waals surface area (Å²) in [6, 6.07) is 6.27. The number of nitrogens with one attached hydrogen (secondary N) is 3. The zero-order valence-corrected chi connectivity index (χ0v) is 18.9. The van der Waals surface area contributed by atoms with Crippen LogP contribution >= 0.6 is 0 Å². The molecule has 0 saturated heterocycles. The van der Waals surface area contributed by atoms with E-state index in [1.807, 2.05) is 48.3 Å². The molecule has 0 aliphatic rings. The molecule has 3 N–H and O–H groups in total. The van der Waals surface area contributed by atoms with Crippen LogP contribution in [0.3, 0.4) is 0 Å². The molecule has 6 aromatic heterocycles. The first-order chi connectivity index (χ1) is 16.5. The zero-order chi connectivity index (χ0) is 23.2. The Kier molecular flexibility index (Phi) is 4.58. The number of hydrogen-bond acceptors (Lipinski definition) is 7. The van der Waals surface area contributed by atoms with E-state index in [4.69, 9.17) is 4.98 Å². The summed E-state index contributed by atoms with van der Waals surface area (Å²) >= 11 is 0.